The molecule has 3 rings (SSSR count). The predicted molar refractivity (Wildman–Crippen MR) is 103 cm³/mol. The van der Waals surface area contributed by atoms with Gasteiger partial charge in [-0.05, 0) is 56.7 Å². The van der Waals surface area contributed by atoms with Gasteiger partial charge in [-0.3, -0.25) is 4.79 Å². The molecule has 0 spiro atoms. The molecule has 2 fully saturated rings. The third-order valence-corrected chi connectivity index (χ3v) is 5.57. The minimum Gasteiger partial charge on any atom is -0.373 e. The topological polar surface area (TPSA) is 50.4 Å². The summed E-state index contributed by atoms with van der Waals surface area (Å²) in [5, 5.41) is 6.62. The van der Waals surface area contributed by atoms with Crippen molar-refractivity contribution in [3.05, 3.63) is 35.4 Å². The minimum atomic E-state index is -0.111. The van der Waals surface area contributed by atoms with Gasteiger partial charge in [-0.2, -0.15) is 0 Å². The van der Waals surface area contributed by atoms with Gasteiger partial charge in [0.2, 0.25) is 5.91 Å². The second kappa shape index (κ2) is 9.02. The first-order valence-corrected chi connectivity index (χ1v) is 9.24. The Kier molecular flexibility index (Phi) is 7.29. The highest BCUT2D eigenvalue weighted by Crippen LogP contribution is 2.34. The third kappa shape index (κ3) is 5.19. The molecule has 5 heteroatoms. The van der Waals surface area contributed by atoms with Crippen LogP contribution in [0.3, 0.4) is 0 Å². The van der Waals surface area contributed by atoms with Crippen LogP contribution in [0, 0.1) is 18.3 Å². The molecule has 25 heavy (non-hydrogen) atoms. The van der Waals surface area contributed by atoms with Crippen LogP contribution in [0.4, 0.5) is 0 Å². The number of hydrogen-bond acceptors (Lipinski definition) is 3. The Hall–Kier alpha value is -1.10. The first-order chi connectivity index (χ1) is 11.6. The van der Waals surface area contributed by atoms with Gasteiger partial charge in [0.05, 0.1) is 12.0 Å². The van der Waals surface area contributed by atoms with Crippen LogP contribution in [0.15, 0.2) is 24.3 Å². The molecular formula is C20H31ClN2O2. The normalized spacial score (nSPS) is 25.7. The number of aryl methyl sites for hydroxylation is 1. The molecule has 2 saturated heterocycles. The molecule has 140 valence electrons. The maximum absolute atomic E-state index is 12.8. The molecule has 2 atom stereocenters. The first-order valence-electron chi connectivity index (χ1n) is 9.24. The van der Waals surface area contributed by atoms with E-state index in [1.165, 1.54) is 5.56 Å². The number of halogens is 1. The average molecular weight is 367 g/mol. The summed E-state index contributed by atoms with van der Waals surface area (Å²) in [6, 6.07) is 8.39. The molecule has 0 radical (unpaired) electrons. The van der Waals surface area contributed by atoms with E-state index in [1.54, 1.807) is 0 Å². The smallest absolute Gasteiger partial charge is 0.226 e. The first kappa shape index (κ1) is 20.2. The molecule has 1 aromatic rings. The van der Waals surface area contributed by atoms with E-state index in [2.05, 4.69) is 48.7 Å². The number of piperidine rings is 1. The molecule has 2 unspecified atom stereocenters. The SMILES string of the molecule is Cc1ccc(C2OCCCC2C(=O)NCC2(C)CCNCC2)cc1.Cl. The van der Waals surface area contributed by atoms with Gasteiger partial charge in [0.25, 0.3) is 0 Å². The number of nitrogens with one attached hydrogen (secondary N) is 2. The summed E-state index contributed by atoms with van der Waals surface area (Å²) in [6.45, 7) is 7.96. The maximum Gasteiger partial charge on any atom is 0.226 e. The molecule has 1 aromatic carbocycles. The Morgan fingerprint density at radius 2 is 1.96 bits per heavy atom. The van der Waals surface area contributed by atoms with Crippen molar-refractivity contribution in [2.24, 2.45) is 11.3 Å². The highest BCUT2D eigenvalue weighted by Gasteiger charge is 2.34. The summed E-state index contributed by atoms with van der Waals surface area (Å²) in [5.74, 6) is 0.0757. The molecule has 0 aliphatic carbocycles. The Labute approximate surface area is 157 Å². The van der Waals surface area contributed by atoms with Crippen molar-refractivity contribution in [3.63, 3.8) is 0 Å². The Morgan fingerprint density at radius 3 is 2.64 bits per heavy atom. The van der Waals surface area contributed by atoms with Gasteiger partial charge in [0, 0.05) is 13.2 Å². The summed E-state index contributed by atoms with van der Waals surface area (Å²) in [5.41, 5.74) is 2.57. The van der Waals surface area contributed by atoms with Crippen LogP contribution in [0.5, 0.6) is 0 Å². The van der Waals surface area contributed by atoms with Gasteiger partial charge in [-0.15, -0.1) is 12.4 Å². The van der Waals surface area contributed by atoms with E-state index in [0.29, 0.717) is 0 Å². The highest BCUT2D eigenvalue weighted by molar-refractivity contribution is 5.85. The lowest BCUT2D eigenvalue weighted by Crippen LogP contribution is -2.45. The van der Waals surface area contributed by atoms with Gasteiger partial charge in [-0.1, -0.05) is 36.8 Å². The van der Waals surface area contributed by atoms with E-state index in [9.17, 15) is 4.79 Å². The monoisotopic (exact) mass is 366 g/mol. The van der Waals surface area contributed by atoms with Crippen LogP contribution in [0.1, 0.15) is 49.8 Å². The van der Waals surface area contributed by atoms with Gasteiger partial charge in [0.15, 0.2) is 0 Å². The fraction of sp³-hybridized carbons (Fsp3) is 0.650. The summed E-state index contributed by atoms with van der Waals surface area (Å²) >= 11 is 0. The van der Waals surface area contributed by atoms with Crippen molar-refractivity contribution in [1.29, 1.82) is 0 Å². The molecule has 2 N–H and O–H groups in total. The number of amides is 1. The van der Waals surface area contributed by atoms with Crippen molar-refractivity contribution in [1.82, 2.24) is 10.6 Å². The standard InChI is InChI=1S/C20H30N2O2.ClH/c1-15-5-7-16(8-6-15)18-17(4-3-13-24-18)19(23)22-14-20(2)9-11-21-12-10-20;/h5-8,17-18,21H,3-4,9-14H2,1-2H3,(H,22,23);1H. The predicted octanol–water partition coefficient (Wildman–Crippen LogP) is 3.39. The van der Waals surface area contributed by atoms with Crippen LogP contribution >= 0.6 is 12.4 Å². The zero-order valence-electron chi connectivity index (χ0n) is 15.3. The number of carbonyl (C=O) groups excluding carboxylic acids is 1. The average Bonchev–Trinajstić information content (AvgIpc) is 2.61. The molecule has 2 aliphatic rings. The van der Waals surface area contributed by atoms with E-state index in [1.807, 2.05) is 0 Å². The summed E-state index contributed by atoms with van der Waals surface area (Å²) in [6.07, 6.45) is 4.00. The second-order valence-electron chi connectivity index (χ2n) is 7.73. The number of rotatable bonds is 4. The third-order valence-electron chi connectivity index (χ3n) is 5.57. The Bertz CT molecular complexity index is 555. The largest absolute Gasteiger partial charge is 0.373 e. The quantitative estimate of drug-likeness (QED) is 0.858. The summed E-state index contributed by atoms with van der Waals surface area (Å²) < 4.78 is 5.98. The van der Waals surface area contributed by atoms with Crippen LogP contribution in [0.2, 0.25) is 0 Å². The van der Waals surface area contributed by atoms with Crippen molar-refractivity contribution in [3.8, 4) is 0 Å². The zero-order valence-corrected chi connectivity index (χ0v) is 16.2. The number of hydrogen-bond donors (Lipinski definition) is 2. The van der Waals surface area contributed by atoms with Crippen LogP contribution < -0.4 is 10.6 Å². The molecule has 0 bridgehead atoms. The van der Waals surface area contributed by atoms with E-state index < -0.39 is 0 Å². The minimum absolute atomic E-state index is 0. The van der Waals surface area contributed by atoms with Crippen molar-refractivity contribution in [2.45, 2.75) is 45.6 Å². The van der Waals surface area contributed by atoms with E-state index >= 15 is 0 Å². The number of benzene rings is 1. The van der Waals surface area contributed by atoms with Crippen molar-refractivity contribution >= 4 is 18.3 Å². The summed E-state index contributed by atoms with van der Waals surface area (Å²) in [7, 11) is 0. The van der Waals surface area contributed by atoms with Crippen LogP contribution in [-0.4, -0.2) is 32.1 Å². The molecule has 2 heterocycles. The molecule has 0 saturated carbocycles. The zero-order chi connectivity index (χ0) is 17.0. The van der Waals surface area contributed by atoms with Gasteiger partial charge < -0.3 is 15.4 Å². The van der Waals surface area contributed by atoms with Crippen molar-refractivity contribution in [2.75, 3.05) is 26.2 Å². The Morgan fingerprint density at radius 1 is 1.28 bits per heavy atom. The van der Waals surface area contributed by atoms with Gasteiger partial charge >= 0.3 is 0 Å². The van der Waals surface area contributed by atoms with E-state index in [-0.39, 0.29) is 35.8 Å². The fourth-order valence-electron chi connectivity index (χ4n) is 3.77. The lowest BCUT2D eigenvalue weighted by molar-refractivity contribution is -0.135. The molecule has 2 aliphatic heterocycles. The molecular weight excluding hydrogens is 336 g/mol. The lowest BCUT2D eigenvalue weighted by atomic mass is 9.80. The maximum atomic E-state index is 12.8. The number of carbonyl (C=O) groups is 1. The van der Waals surface area contributed by atoms with Gasteiger partial charge in [-0.25, -0.2) is 0 Å². The second-order valence-corrected chi connectivity index (χ2v) is 7.73. The van der Waals surface area contributed by atoms with Crippen LogP contribution in [-0.2, 0) is 9.53 Å². The molecule has 0 aromatic heterocycles. The van der Waals surface area contributed by atoms with Crippen molar-refractivity contribution < 1.29 is 9.53 Å². The van der Waals surface area contributed by atoms with E-state index in [0.717, 1.165) is 57.5 Å². The Balaban J connectivity index is 0.00000225. The fourth-order valence-corrected chi connectivity index (χ4v) is 3.77. The highest BCUT2D eigenvalue weighted by atomic mass is 35.5. The van der Waals surface area contributed by atoms with Gasteiger partial charge in [0.1, 0.15) is 0 Å². The lowest BCUT2D eigenvalue weighted by Gasteiger charge is -2.36. The van der Waals surface area contributed by atoms with Crippen LogP contribution in [0.25, 0.3) is 0 Å². The van der Waals surface area contributed by atoms with E-state index in [4.69, 9.17) is 4.74 Å². The molecule has 4 nitrogen and oxygen atoms in total. The summed E-state index contributed by atoms with van der Waals surface area (Å²) in [4.78, 5) is 12.8. The molecule has 1 amide bonds. The number of ether oxygens (including phenoxy) is 1.